The number of halogens is 1. The van der Waals surface area contributed by atoms with Gasteiger partial charge in [0, 0.05) is 26.1 Å². The van der Waals surface area contributed by atoms with Crippen molar-refractivity contribution in [3.05, 3.63) is 29.8 Å². The molecule has 0 aromatic heterocycles. The van der Waals surface area contributed by atoms with Crippen molar-refractivity contribution >= 4 is 29.9 Å². The van der Waals surface area contributed by atoms with Crippen molar-refractivity contribution in [2.75, 3.05) is 33.2 Å². The molecule has 0 amide bonds. The minimum Gasteiger partial charge on any atom is -0.488 e. The molecule has 0 radical (unpaired) electrons. The Morgan fingerprint density at radius 2 is 2.08 bits per heavy atom. The Morgan fingerprint density at radius 3 is 2.83 bits per heavy atom. The average molecular weight is 444 g/mol. The van der Waals surface area contributed by atoms with Crippen LogP contribution in [0.15, 0.2) is 29.3 Å². The van der Waals surface area contributed by atoms with E-state index in [0.29, 0.717) is 6.04 Å². The number of ether oxygens (including phenoxy) is 1. The molecule has 2 unspecified atom stereocenters. The van der Waals surface area contributed by atoms with E-state index in [2.05, 4.69) is 39.6 Å². The van der Waals surface area contributed by atoms with Crippen LogP contribution in [0.25, 0.3) is 0 Å². The Kier molecular flexibility index (Phi) is 7.61. The van der Waals surface area contributed by atoms with E-state index in [1.165, 1.54) is 24.9 Å². The third kappa shape index (κ3) is 4.75. The van der Waals surface area contributed by atoms with E-state index in [1.807, 2.05) is 19.2 Å². The van der Waals surface area contributed by atoms with Crippen molar-refractivity contribution < 1.29 is 4.74 Å². The van der Waals surface area contributed by atoms with Crippen LogP contribution in [0.5, 0.6) is 5.75 Å². The smallest absolute Gasteiger partial charge is 0.191 e. The molecule has 0 saturated carbocycles. The van der Waals surface area contributed by atoms with Crippen LogP contribution in [-0.2, 0) is 6.42 Å². The van der Waals surface area contributed by atoms with Crippen LogP contribution < -0.4 is 15.4 Å². The van der Waals surface area contributed by atoms with Gasteiger partial charge >= 0.3 is 0 Å². The Labute approximate surface area is 162 Å². The highest BCUT2D eigenvalue weighted by molar-refractivity contribution is 14.0. The van der Waals surface area contributed by atoms with Crippen LogP contribution in [0.4, 0.5) is 0 Å². The molecule has 2 aliphatic heterocycles. The molecular formula is C18H29IN4O. The molecule has 1 aromatic carbocycles. The summed E-state index contributed by atoms with van der Waals surface area (Å²) in [5.74, 6) is 1.89. The summed E-state index contributed by atoms with van der Waals surface area (Å²) in [7, 11) is 1.83. The molecule has 1 aromatic rings. The second-order valence-corrected chi connectivity index (χ2v) is 6.31. The SMILES string of the molecule is CCN1CCCC1CNC(=NC)NCC1Cc2ccccc2O1.I. The molecule has 2 atom stereocenters. The molecule has 6 heteroatoms. The average Bonchev–Trinajstić information content (AvgIpc) is 3.20. The Bertz CT molecular complexity index is 527. The van der Waals surface area contributed by atoms with E-state index >= 15 is 0 Å². The highest BCUT2D eigenvalue weighted by atomic mass is 127. The summed E-state index contributed by atoms with van der Waals surface area (Å²) in [6.07, 6.45) is 3.73. The number of likely N-dealkylation sites (tertiary alicyclic amines) is 1. The molecule has 2 aliphatic rings. The molecule has 2 heterocycles. The van der Waals surface area contributed by atoms with E-state index in [0.717, 1.165) is 37.8 Å². The maximum absolute atomic E-state index is 5.96. The number of para-hydroxylation sites is 1. The van der Waals surface area contributed by atoms with Gasteiger partial charge in [0.15, 0.2) is 5.96 Å². The highest BCUT2D eigenvalue weighted by Gasteiger charge is 2.24. The number of nitrogens with one attached hydrogen (secondary N) is 2. The van der Waals surface area contributed by atoms with Crippen LogP contribution in [-0.4, -0.2) is 56.2 Å². The number of guanidine groups is 1. The third-order valence-electron chi connectivity index (χ3n) is 4.84. The van der Waals surface area contributed by atoms with Crippen molar-refractivity contribution in [1.82, 2.24) is 15.5 Å². The van der Waals surface area contributed by atoms with Crippen LogP contribution in [0.2, 0.25) is 0 Å². The fourth-order valence-corrected chi connectivity index (χ4v) is 3.56. The summed E-state index contributed by atoms with van der Waals surface area (Å²) < 4.78 is 5.96. The number of benzene rings is 1. The largest absolute Gasteiger partial charge is 0.488 e. The first-order valence-corrected chi connectivity index (χ1v) is 8.73. The molecule has 0 spiro atoms. The first-order chi connectivity index (χ1) is 11.3. The lowest BCUT2D eigenvalue weighted by Gasteiger charge is -2.24. The number of likely N-dealkylation sites (N-methyl/N-ethyl adjacent to an activating group) is 1. The Morgan fingerprint density at radius 1 is 1.29 bits per heavy atom. The summed E-state index contributed by atoms with van der Waals surface area (Å²) in [4.78, 5) is 6.87. The first kappa shape index (κ1) is 19.3. The van der Waals surface area contributed by atoms with Gasteiger partial charge in [-0.2, -0.15) is 0 Å². The van der Waals surface area contributed by atoms with E-state index in [1.54, 1.807) is 0 Å². The van der Waals surface area contributed by atoms with Crippen molar-refractivity contribution in [3.63, 3.8) is 0 Å². The Hall–Kier alpha value is -1.02. The number of nitrogens with zero attached hydrogens (tertiary/aromatic N) is 2. The molecule has 5 nitrogen and oxygen atoms in total. The summed E-state index contributed by atoms with van der Waals surface area (Å²) in [6.45, 7) is 6.33. The molecule has 2 N–H and O–H groups in total. The van der Waals surface area contributed by atoms with E-state index < -0.39 is 0 Å². The number of aliphatic imine (C=N–C) groups is 1. The molecule has 3 rings (SSSR count). The fourth-order valence-electron chi connectivity index (χ4n) is 3.56. The lowest BCUT2D eigenvalue weighted by atomic mass is 10.1. The first-order valence-electron chi connectivity index (χ1n) is 8.73. The van der Waals surface area contributed by atoms with E-state index in [9.17, 15) is 0 Å². The molecular weight excluding hydrogens is 415 g/mol. The van der Waals surface area contributed by atoms with Gasteiger partial charge < -0.3 is 15.4 Å². The zero-order chi connectivity index (χ0) is 16.1. The Balaban J connectivity index is 0.00000208. The van der Waals surface area contributed by atoms with Crippen LogP contribution in [0.1, 0.15) is 25.3 Å². The third-order valence-corrected chi connectivity index (χ3v) is 4.84. The summed E-state index contributed by atoms with van der Waals surface area (Å²) in [6, 6.07) is 8.91. The fraction of sp³-hybridized carbons (Fsp3) is 0.611. The predicted molar refractivity (Wildman–Crippen MR) is 110 cm³/mol. The van der Waals surface area contributed by atoms with Gasteiger partial charge in [-0.25, -0.2) is 0 Å². The zero-order valence-corrected chi connectivity index (χ0v) is 17.0. The molecule has 1 fully saturated rings. The number of hydrogen-bond donors (Lipinski definition) is 2. The van der Waals surface area contributed by atoms with Crippen LogP contribution >= 0.6 is 24.0 Å². The maximum atomic E-state index is 5.96. The standard InChI is InChI=1S/C18H28N4O.HI/c1-3-22-10-6-8-15(22)12-20-18(19-2)21-13-16-11-14-7-4-5-9-17(14)23-16;/h4-5,7,9,15-16H,3,6,8,10-13H2,1-2H3,(H2,19,20,21);1H. The van der Waals surface area contributed by atoms with Gasteiger partial charge in [-0.05, 0) is 37.6 Å². The molecule has 24 heavy (non-hydrogen) atoms. The van der Waals surface area contributed by atoms with Gasteiger partial charge in [-0.1, -0.05) is 25.1 Å². The minimum absolute atomic E-state index is 0. The minimum atomic E-state index is 0. The van der Waals surface area contributed by atoms with E-state index in [4.69, 9.17) is 4.74 Å². The van der Waals surface area contributed by atoms with Crippen molar-refractivity contribution in [3.8, 4) is 5.75 Å². The molecule has 0 bridgehead atoms. The van der Waals surface area contributed by atoms with Crippen molar-refractivity contribution in [2.45, 2.75) is 38.3 Å². The maximum Gasteiger partial charge on any atom is 0.191 e. The lowest BCUT2D eigenvalue weighted by Crippen LogP contribution is -2.47. The number of hydrogen-bond acceptors (Lipinski definition) is 3. The van der Waals surface area contributed by atoms with Gasteiger partial charge in [0.2, 0.25) is 0 Å². The molecule has 1 saturated heterocycles. The second kappa shape index (κ2) is 9.46. The summed E-state index contributed by atoms with van der Waals surface area (Å²) in [5.41, 5.74) is 1.30. The topological polar surface area (TPSA) is 48.9 Å². The number of rotatable bonds is 5. The normalized spacial score (nSPS) is 23.3. The van der Waals surface area contributed by atoms with Crippen molar-refractivity contribution in [1.29, 1.82) is 0 Å². The quantitative estimate of drug-likeness (QED) is 0.416. The van der Waals surface area contributed by atoms with Crippen LogP contribution in [0, 0.1) is 0 Å². The highest BCUT2D eigenvalue weighted by Crippen LogP contribution is 2.27. The molecule has 134 valence electrons. The van der Waals surface area contributed by atoms with Gasteiger partial charge in [-0.3, -0.25) is 9.89 Å². The van der Waals surface area contributed by atoms with Gasteiger partial charge in [-0.15, -0.1) is 24.0 Å². The van der Waals surface area contributed by atoms with Gasteiger partial charge in [0.25, 0.3) is 0 Å². The predicted octanol–water partition coefficient (Wildman–Crippen LogP) is 2.26. The number of fused-ring (bicyclic) bond motifs is 1. The second-order valence-electron chi connectivity index (χ2n) is 6.31. The van der Waals surface area contributed by atoms with Crippen LogP contribution in [0.3, 0.4) is 0 Å². The monoisotopic (exact) mass is 444 g/mol. The van der Waals surface area contributed by atoms with E-state index in [-0.39, 0.29) is 30.1 Å². The molecule has 0 aliphatic carbocycles. The van der Waals surface area contributed by atoms with Crippen molar-refractivity contribution in [2.24, 2.45) is 4.99 Å². The lowest BCUT2D eigenvalue weighted by molar-refractivity contribution is 0.234. The van der Waals surface area contributed by atoms with Gasteiger partial charge in [0.1, 0.15) is 11.9 Å². The van der Waals surface area contributed by atoms with Gasteiger partial charge in [0.05, 0.1) is 6.54 Å². The summed E-state index contributed by atoms with van der Waals surface area (Å²) >= 11 is 0. The zero-order valence-electron chi connectivity index (χ0n) is 14.6. The summed E-state index contributed by atoms with van der Waals surface area (Å²) in [5, 5.41) is 6.86.